The molecule has 1 heterocycles. The van der Waals surface area contributed by atoms with E-state index in [9.17, 15) is 14.7 Å². The summed E-state index contributed by atoms with van der Waals surface area (Å²) in [6.45, 7) is 0.102. The van der Waals surface area contributed by atoms with Crippen LogP contribution in [0.3, 0.4) is 0 Å². The van der Waals surface area contributed by atoms with Gasteiger partial charge in [0, 0.05) is 18.5 Å². The molecule has 1 atom stereocenters. The van der Waals surface area contributed by atoms with Crippen molar-refractivity contribution in [1.29, 1.82) is 5.26 Å². The molecule has 1 aliphatic carbocycles. The number of ether oxygens (including phenoxy) is 1. The van der Waals surface area contributed by atoms with Gasteiger partial charge in [-0.15, -0.1) is 0 Å². The van der Waals surface area contributed by atoms with Gasteiger partial charge in [-0.25, -0.2) is 14.6 Å². The molecular formula is C24H19N3O4. The highest BCUT2D eigenvalue weighted by Crippen LogP contribution is 2.44. The summed E-state index contributed by atoms with van der Waals surface area (Å²) >= 11 is 0. The second-order valence-electron chi connectivity index (χ2n) is 7.23. The normalized spacial score (nSPS) is 12.9. The maximum Gasteiger partial charge on any atom is 0.407 e. The highest BCUT2D eigenvalue weighted by Gasteiger charge is 2.29. The van der Waals surface area contributed by atoms with Crippen molar-refractivity contribution in [2.45, 2.75) is 18.4 Å². The predicted molar refractivity (Wildman–Crippen MR) is 112 cm³/mol. The number of benzene rings is 2. The average molecular weight is 413 g/mol. The second-order valence-corrected chi connectivity index (χ2v) is 7.23. The summed E-state index contributed by atoms with van der Waals surface area (Å²) in [4.78, 5) is 27.9. The zero-order chi connectivity index (χ0) is 21.8. The number of pyridine rings is 1. The van der Waals surface area contributed by atoms with Crippen molar-refractivity contribution >= 4 is 12.1 Å². The van der Waals surface area contributed by atoms with Crippen molar-refractivity contribution in [2.24, 2.45) is 0 Å². The number of aromatic nitrogens is 1. The Morgan fingerprint density at radius 2 is 1.71 bits per heavy atom. The summed E-state index contributed by atoms with van der Waals surface area (Å²) in [5.41, 5.74) is 5.21. The molecule has 0 fully saturated rings. The third-order valence-corrected chi connectivity index (χ3v) is 5.31. The molecule has 0 unspecified atom stereocenters. The fraction of sp³-hybridized carbons (Fsp3) is 0.167. The maximum absolute atomic E-state index is 12.4. The number of hydrogen-bond donors (Lipinski definition) is 2. The minimum atomic E-state index is -1.18. The molecule has 0 saturated carbocycles. The molecule has 2 N–H and O–H groups in total. The Labute approximate surface area is 178 Å². The van der Waals surface area contributed by atoms with Crippen LogP contribution in [-0.2, 0) is 16.0 Å². The van der Waals surface area contributed by atoms with E-state index in [1.165, 1.54) is 12.3 Å². The van der Waals surface area contributed by atoms with Gasteiger partial charge in [0.2, 0.25) is 0 Å². The number of carbonyl (C=O) groups excluding carboxylic acids is 1. The Morgan fingerprint density at radius 3 is 2.26 bits per heavy atom. The number of nitrogens with one attached hydrogen (secondary N) is 1. The van der Waals surface area contributed by atoms with Crippen LogP contribution in [0.15, 0.2) is 66.9 Å². The standard InChI is InChI=1S/C24H19N3O4/c25-12-16-10-9-15(13-26-16)11-22(23(28)29)27-24(30)31-14-21-19-7-3-1-5-17(19)18-6-2-4-8-20(18)21/h1-10,13,21-22H,11,14H2,(H,27,30)(H,28,29)/t22-/m0/s1. The minimum absolute atomic E-state index is 0.0260. The number of nitriles is 1. The number of aliphatic carboxylic acids is 1. The molecule has 0 spiro atoms. The van der Waals surface area contributed by atoms with Gasteiger partial charge in [0.25, 0.3) is 0 Å². The van der Waals surface area contributed by atoms with Crippen molar-refractivity contribution in [1.82, 2.24) is 10.3 Å². The Morgan fingerprint density at radius 1 is 1.06 bits per heavy atom. The molecule has 3 aromatic rings. The van der Waals surface area contributed by atoms with Gasteiger partial charge < -0.3 is 15.2 Å². The third kappa shape index (κ3) is 4.23. The number of amides is 1. The van der Waals surface area contributed by atoms with Gasteiger partial charge >= 0.3 is 12.1 Å². The molecule has 7 nitrogen and oxygen atoms in total. The molecule has 31 heavy (non-hydrogen) atoms. The van der Waals surface area contributed by atoms with Crippen molar-refractivity contribution in [3.63, 3.8) is 0 Å². The van der Waals surface area contributed by atoms with Gasteiger partial charge in [-0.1, -0.05) is 54.6 Å². The highest BCUT2D eigenvalue weighted by atomic mass is 16.5. The number of alkyl carbamates (subject to hydrolysis) is 1. The molecular weight excluding hydrogens is 394 g/mol. The lowest BCUT2D eigenvalue weighted by atomic mass is 9.98. The SMILES string of the molecule is N#Cc1ccc(C[C@H](NC(=O)OCC2c3ccccc3-c3ccccc32)C(=O)O)cn1. The first-order valence-electron chi connectivity index (χ1n) is 9.76. The quantitative estimate of drug-likeness (QED) is 0.640. The van der Waals surface area contributed by atoms with Gasteiger partial charge in [0.05, 0.1) is 0 Å². The Balaban J connectivity index is 1.42. The first-order valence-corrected chi connectivity index (χ1v) is 9.76. The summed E-state index contributed by atoms with van der Waals surface area (Å²) in [5, 5.41) is 20.7. The molecule has 0 saturated heterocycles. The Bertz CT molecular complexity index is 1120. The van der Waals surface area contributed by atoms with Gasteiger partial charge in [0.1, 0.15) is 24.4 Å². The smallest absolute Gasteiger partial charge is 0.407 e. The van der Waals surface area contributed by atoms with E-state index in [0.29, 0.717) is 5.56 Å². The minimum Gasteiger partial charge on any atom is -0.480 e. The summed E-state index contributed by atoms with van der Waals surface area (Å²) in [6.07, 6.45) is 0.655. The van der Waals surface area contributed by atoms with Crippen LogP contribution in [0.2, 0.25) is 0 Å². The molecule has 1 aromatic heterocycles. The topological polar surface area (TPSA) is 112 Å². The molecule has 0 radical (unpaired) electrons. The number of hydrogen-bond acceptors (Lipinski definition) is 5. The number of fused-ring (bicyclic) bond motifs is 3. The first kappa shape index (κ1) is 20.1. The van der Waals surface area contributed by atoms with E-state index >= 15 is 0 Å². The number of carboxylic acid groups (broad SMARTS) is 1. The van der Waals surface area contributed by atoms with Crippen LogP contribution in [0.1, 0.15) is 28.3 Å². The van der Waals surface area contributed by atoms with E-state index < -0.39 is 18.1 Å². The zero-order valence-corrected chi connectivity index (χ0v) is 16.5. The molecule has 1 amide bonds. The fourth-order valence-corrected chi connectivity index (χ4v) is 3.83. The summed E-state index contributed by atoms with van der Waals surface area (Å²) in [5.74, 6) is -1.29. The van der Waals surface area contributed by atoms with E-state index in [1.54, 1.807) is 6.07 Å². The van der Waals surface area contributed by atoms with Crippen LogP contribution in [-0.4, -0.2) is 34.8 Å². The van der Waals surface area contributed by atoms with Gasteiger partial charge in [-0.3, -0.25) is 0 Å². The molecule has 1 aliphatic rings. The number of rotatable bonds is 6. The van der Waals surface area contributed by atoms with Crippen molar-refractivity contribution in [2.75, 3.05) is 6.61 Å². The lowest BCUT2D eigenvalue weighted by Gasteiger charge is -2.17. The van der Waals surface area contributed by atoms with Crippen LogP contribution in [0.4, 0.5) is 4.79 Å². The van der Waals surface area contributed by atoms with Crippen LogP contribution < -0.4 is 5.32 Å². The molecule has 0 aliphatic heterocycles. The van der Waals surface area contributed by atoms with E-state index in [1.807, 2.05) is 54.6 Å². The molecule has 4 rings (SSSR count). The van der Waals surface area contributed by atoms with Crippen LogP contribution in [0.5, 0.6) is 0 Å². The second kappa shape index (κ2) is 8.67. The molecule has 2 aromatic carbocycles. The van der Waals surface area contributed by atoms with E-state index in [4.69, 9.17) is 10.00 Å². The maximum atomic E-state index is 12.4. The predicted octanol–water partition coefficient (Wildman–Crippen LogP) is 3.49. The fourth-order valence-electron chi connectivity index (χ4n) is 3.83. The zero-order valence-electron chi connectivity index (χ0n) is 16.5. The highest BCUT2D eigenvalue weighted by molar-refractivity contribution is 5.81. The largest absolute Gasteiger partial charge is 0.480 e. The third-order valence-electron chi connectivity index (χ3n) is 5.31. The number of carboxylic acids is 1. The summed E-state index contributed by atoms with van der Waals surface area (Å²) < 4.78 is 5.42. The van der Waals surface area contributed by atoms with Crippen molar-refractivity contribution in [3.8, 4) is 17.2 Å². The van der Waals surface area contributed by atoms with Gasteiger partial charge in [0.15, 0.2) is 0 Å². The van der Waals surface area contributed by atoms with E-state index in [-0.39, 0.29) is 24.6 Å². The first-order chi connectivity index (χ1) is 15.1. The molecule has 0 bridgehead atoms. The average Bonchev–Trinajstić information content (AvgIpc) is 3.11. The van der Waals surface area contributed by atoms with Crippen LogP contribution >= 0.6 is 0 Å². The van der Waals surface area contributed by atoms with E-state index in [2.05, 4.69) is 10.3 Å². The summed E-state index contributed by atoms with van der Waals surface area (Å²) in [7, 11) is 0. The lowest BCUT2D eigenvalue weighted by molar-refractivity contribution is -0.139. The monoisotopic (exact) mass is 413 g/mol. The van der Waals surface area contributed by atoms with Gasteiger partial charge in [-0.05, 0) is 33.9 Å². The number of nitrogens with zero attached hydrogens (tertiary/aromatic N) is 2. The van der Waals surface area contributed by atoms with Crippen LogP contribution in [0, 0.1) is 11.3 Å². The lowest BCUT2D eigenvalue weighted by Crippen LogP contribution is -2.42. The Kier molecular flexibility index (Phi) is 5.63. The number of carbonyl (C=O) groups is 2. The van der Waals surface area contributed by atoms with E-state index in [0.717, 1.165) is 22.3 Å². The summed E-state index contributed by atoms with van der Waals surface area (Å²) in [6, 6.07) is 19.8. The molecule has 154 valence electrons. The van der Waals surface area contributed by atoms with Crippen LogP contribution in [0.25, 0.3) is 11.1 Å². The van der Waals surface area contributed by atoms with Crippen molar-refractivity contribution < 1.29 is 19.4 Å². The molecule has 7 heteroatoms. The van der Waals surface area contributed by atoms with Gasteiger partial charge in [-0.2, -0.15) is 5.26 Å². The van der Waals surface area contributed by atoms with Crippen molar-refractivity contribution in [3.05, 3.63) is 89.2 Å². The Hall–Kier alpha value is -4.18.